The first kappa shape index (κ1) is 31.8. The van der Waals surface area contributed by atoms with Gasteiger partial charge in [0.2, 0.25) is 5.43 Å². The van der Waals surface area contributed by atoms with Gasteiger partial charge in [-0.25, -0.2) is 4.98 Å². The van der Waals surface area contributed by atoms with Crippen molar-refractivity contribution < 1.29 is 19.0 Å². The smallest absolute Gasteiger partial charge is 0.261 e. The monoisotopic (exact) mass is 632 g/mol. The largest absolute Gasteiger partial charge is 0.493 e. The second-order valence-electron chi connectivity index (χ2n) is 12.1. The number of amides is 1. The number of hydrogen-bond donors (Lipinski definition) is 2. The molecule has 4 aromatic rings. The van der Waals surface area contributed by atoms with Gasteiger partial charge in [0.25, 0.3) is 5.91 Å². The highest BCUT2D eigenvalue weighted by atomic mass is 16.5. The van der Waals surface area contributed by atoms with Gasteiger partial charge in [-0.05, 0) is 85.6 Å². The highest BCUT2D eigenvalue weighted by molar-refractivity contribution is 6.04. The predicted molar refractivity (Wildman–Crippen MR) is 186 cm³/mol. The molecule has 1 saturated heterocycles. The van der Waals surface area contributed by atoms with Gasteiger partial charge in [-0.3, -0.25) is 9.59 Å². The summed E-state index contributed by atoms with van der Waals surface area (Å²) in [7, 11) is 3.20. The first-order chi connectivity index (χ1) is 22.8. The summed E-state index contributed by atoms with van der Waals surface area (Å²) in [6.45, 7) is 4.29. The minimum absolute atomic E-state index is 0.127. The fourth-order valence-electron chi connectivity index (χ4n) is 6.13. The van der Waals surface area contributed by atoms with Crippen molar-refractivity contribution in [3.05, 3.63) is 106 Å². The quantitative estimate of drug-likeness (QED) is 0.204. The number of nitrogen functional groups attached to an aromatic ring is 1. The van der Waals surface area contributed by atoms with Crippen molar-refractivity contribution in [2.24, 2.45) is 5.92 Å². The van der Waals surface area contributed by atoms with E-state index in [-0.39, 0.29) is 11.0 Å². The van der Waals surface area contributed by atoms with Gasteiger partial charge in [0.05, 0.1) is 14.2 Å². The maximum atomic E-state index is 13.7. The van der Waals surface area contributed by atoms with Crippen LogP contribution < -0.4 is 26.0 Å². The normalized spacial score (nSPS) is 15.0. The molecule has 3 N–H and O–H groups in total. The number of nitrogens with one attached hydrogen (secondary N) is 1. The molecule has 2 aromatic carbocycles. The summed E-state index contributed by atoms with van der Waals surface area (Å²) in [6.07, 6.45) is 13.0. The van der Waals surface area contributed by atoms with Crippen LogP contribution in [0.2, 0.25) is 0 Å². The summed E-state index contributed by atoms with van der Waals surface area (Å²) in [5.41, 5.74) is 12.9. The van der Waals surface area contributed by atoms with Gasteiger partial charge in [0, 0.05) is 60.7 Å². The molecule has 9 nitrogen and oxygen atoms in total. The van der Waals surface area contributed by atoms with Crippen molar-refractivity contribution >= 4 is 23.0 Å². The molecule has 1 aliphatic carbocycles. The Labute approximate surface area is 274 Å². The standard InChI is InChI=1S/C38H40N4O5/c1-24-4-6-27(7-5-24)32-22-42(21-25-14-16-47-17-15-25)23-33(36(32)43)38(44)41-30-11-8-26(9-12-30)31-18-29(20-40-37(31)39)28-10-13-34(45-2)35(19-28)46-3/h4,6,8-13,18-20,22-23,25H,5,7,14-17,21H2,1-3H3,(H2,39,40)(H,41,44). The third-order valence-corrected chi connectivity index (χ3v) is 8.93. The highest BCUT2D eigenvalue weighted by Gasteiger charge is 2.21. The summed E-state index contributed by atoms with van der Waals surface area (Å²) in [6, 6.07) is 15.0. The Morgan fingerprint density at radius 3 is 2.38 bits per heavy atom. The van der Waals surface area contributed by atoms with Crippen LogP contribution in [0.4, 0.5) is 11.5 Å². The average molecular weight is 633 g/mol. The van der Waals surface area contributed by atoms with Crippen LogP contribution in [-0.2, 0) is 11.3 Å². The SMILES string of the molecule is COc1ccc(-c2cnc(N)c(-c3ccc(NC(=O)c4cn(CC5CCOCC5)cc(C5=CC=C(C)CC5)c4=O)cc3)c2)cc1OC. The third-order valence-electron chi connectivity index (χ3n) is 8.93. The van der Waals surface area contributed by atoms with Crippen LogP contribution in [-0.4, -0.2) is 42.9 Å². The molecule has 0 atom stereocenters. The molecule has 1 fully saturated rings. The molecule has 6 rings (SSSR count). The van der Waals surface area contributed by atoms with E-state index in [1.807, 2.05) is 53.2 Å². The van der Waals surface area contributed by atoms with Gasteiger partial charge >= 0.3 is 0 Å². The van der Waals surface area contributed by atoms with Crippen LogP contribution in [0.3, 0.4) is 0 Å². The average Bonchev–Trinajstić information content (AvgIpc) is 3.10. The van der Waals surface area contributed by atoms with Gasteiger partial charge in [0.1, 0.15) is 11.4 Å². The van der Waals surface area contributed by atoms with Gasteiger partial charge in [-0.2, -0.15) is 0 Å². The van der Waals surface area contributed by atoms with Crippen LogP contribution in [0.1, 0.15) is 48.5 Å². The van der Waals surface area contributed by atoms with Gasteiger partial charge in [-0.15, -0.1) is 0 Å². The number of nitrogens with zero attached hydrogens (tertiary/aromatic N) is 2. The molecule has 0 radical (unpaired) electrons. The van der Waals surface area contributed by atoms with E-state index in [9.17, 15) is 9.59 Å². The van der Waals surface area contributed by atoms with Crippen LogP contribution in [0.5, 0.6) is 11.5 Å². The van der Waals surface area contributed by atoms with Crippen LogP contribution in [0.25, 0.3) is 27.8 Å². The van der Waals surface area contributed by atoms with E-state index in [0.717, 1.165) is 73.3 Å². The lowest BCUT2D eigenvalue weighted by Crippen LogP contribution is -2.27. The lowest BCUT2D eigenvalue weighted by Gasteiger charge is -2.24. The third kappa shape index (κ3) is 7.15. The Morgan fingerprint density at radius 2 is 1.68 bits per heavy atom. The Hall–Kier alpha value is -5.15. The molecular weight excluding hydrogens is 592 g/mol. The zero-order valence-corrected chi connectivity index (χ0v) is 27.0. The van der Waals surface area contributed by atoms with Gasteiger partial charge in [-0.1, -0.05) is 35.9 Å². The Balaban J connectivity index is 1.26. The minimum atomic E-state index is -0.440. The number of carbonyl (C=O) groups is 1. The van der Waals surface area contributed by atoms with Crippen molar-refractivity contribution in [3.8, 4) is 33.8 Å². The molecule has 9 heteroatoms. The number of carbonyl (C=O) groups excluding carboxylic acids is 1. The minimum Gasteiger partial charge on any atom is -0.493 e. The molecule has 2 aromatic heterocycles. The molecule has 242 valence electrons. The first-order valence-corrected chi connectivity index (χ1v) is 15.9. The summed E-state index contributed by atoms with van der Waals surface area (Å²) < 4.78 is 18.4. The van der Waals surface area contributed by atoms with E-state index >= 15 is 0 Å². The number of nitrogens with two attached hydrogens (primary N) is 1. The van der Waals surface area contributed by atoms with E-state index in [1.165, 1.54) is 5.57 Å². The fourth-order valence-corrected chi connectivity index (χ4v) is 6.13. The van der Waals surface area contributed by atoms with Crippen LogP contribution >= 0.6 is 0 Å². The van der Waals surface area contributed by atoms with Crippen molar-refractivity contribution in [2.75, 3.05) is 38.5 Å². The van der Waals surface area contributed by atoms with Crippen LogP contribution in [0, 0.1) is 5.92 Å². The van der Waals surface area contributed by atoms with Crippen molar-refractivity contribution in [3.63, 3.8) is 0 Å². The number of anilines is 2. The molecule has 0 unspecified atom stereocenters. The summed E-state index contributed by atoms with van der Waals surface area (Å²) in [5, 5.41) is 2.94. The van der Waals surface area contributed by atoms with E-state index in [4.69, 9.17) is 19.9 Å². The molecule has 1 amide bonds. The highest BCUT2D eigenvalue weighted by Crippen LogP contribution is 2.35. The molecule has 0 spiro atoms. The summed E-state index contributed by atoms with van der Waals surface area (Å²) in [5.74, 6) is 1.63. The molecule has 47 heavy (non-hydrogen) atoms. The number of benzene rings is 2. The number of hydrogen-bond acceptors (Lipinski definition) is 7. The van der Waals surface area contributed by atoms with E-state index in [2.05, 4.69) is 23.3 Å². The number of pyridine rings is 2. The lowest BCUT2D eigenvalue weighted by molar-refractivity contribution is 0.0611. The van der Waals surface area contributed by atoms with E-state index in [1.54, 1.807) is 38.7 Å². The molecule has 0 saturated carbocycles. The maximum Gasteiger partial charge on any atom is 0.261 e. The Bertz CT molecular complexity index is 1900. The molecule has 2 aliphatic rings. The molecule has 0 bridgehead atoms. The van der Waals surface area contributed by atoms with Gasteiger partial charge < -0.3 is 29.8 Å². The maximum absolute atomic E-state index is 13.7. The van der Waals surface area contributed by atoms with Gasteiger partial charge in [0.15, 0.2) is 11.5 Å². The number of aromatic nitrogens is 2. The van der Waals surface area contributed by atoms with Crippen LogP contribution in [0.15, 0.2) is 89.6 Å². The second-order valence-corrected chi connectivity index (χ2v) is 12.1. The topological polar surface area (TPSA) is 118 Å². The zero-order valence-electron chi connectivity index (χ0n) is 27.0. The first-order valence-electron chi connectivity index (χ1n) is 15.9. The number of rotatable bonds is 9. The van der Waals surface area contributed by atoms with E-state index in [0.29, 0.717) is 34.5 Å². The Kier molecular flexibility index (Phi) is 9.54. The summed E-state index contributed by atoms with van der Waals surface area (Å²) >= 11 is 0. The molecule has 1 aliphatic heterocycles. The molecular formula is C38H40N4O5. The number of allylic oxidation sites excluding steroid dienone is 4. The summed E-state index contributed by atoms with van der Waals surface area (Å²) in [4.78, 5) is 31.8. The van der Waals surface area contributed by atoms with E-state index < -0.39 is 5.91 Å². The van der Waals surface area contributed by atoms with Crippen molar-refractivity contribution in [1.29, 1.82) is 0 Å². The predicted octanol–water partition coefficient (Wildman–Crippen LogP) is 6.98. The second kappa shape index (κ2) is 14.1. The number of methoxy groups -OCH3 is 2. The number of ether oxygens (including phenoxy) is 3. The lowest BCUT2D eigenvalue weighted by atomic mass is 9.93. The van der Waals surface area contributed by atoms with Crippen molar-refractivity contribution in [2.45, 2.75) is 39.2 Å². The molecule has 3 heterocycles. The zero-order chi connectivity index (χ0) is 32.9. The Morgan fingerprint density at radius 1 is 0.936 bits per heavy atom. The fraction of sp³-hybridized carbons (Fsp3) is 0.289. The van der Waals surface area contributed by atoms with Crippen molar-refractivity contribution in [1.82, 2.24) is 9.55 Å².